The minimum absolute atomic E-state index is 0.0350. The van der Waals surface area contributed by atoms with Crippen molar-refractivity contribution in [3.8, 4) is 0 Å². The molecule has 8 heteroatoms. The van der Waals surface area contributed by atoms with Gasteiger partial charge in [0.2, 0.25) is 0 Å². The first kappa shape index (κ1) is 22.3. The Hall–Kier alpha value is -1.51. The highest BCUT2D eigenvalue weighted by Gasteiger charge is 2.80. The predicted molar refractivity (Wildman–Crippen MR) is 108 cm³/mol. The van der Waals surface area contributed by atoms with E-state index >= 15 is 8.78 Å². The number of carbonyl (C=O) groups is 2. The molecule has 4 fully saturated rings. The number of carbonyl (C=O) groups excluding carboxylic acids is 2. The van der Waals surface area contributed by atoms with Crippen molar-refractivity contribution < 1.29 is 37.3 Å². The Labute approximate surface area is 185 Å². The molecule has 0 unspecified atom stereocenters. The van der Waals surface area contributed by atoms with Gasteiger partial charge in [0, 0.05) is 16.7 Å². The topological polar surface area (TPSA) is 72.8 Å². The van der Waals surface area contributed by atoms with E-state index in [-0.39, 0.29) is 24.8 Å². The van der Waals surface area contributed by atoms with Gasteiger partial charge in [-0.2, -0.15) is 0 Å². The van der Waals surface area contributed by atoms with Gasteiger partial charge in [-0.15, -0.1) is 0 Å². The molecular weight excluding hydrogens is 425 g/mol. The van der Waals surface area contributed by atoms with Crippen LogP contribution >= 0.6 is 0 Å². The van der Waals surface area contributed by atoms with Crippen molar-refractivity contribution in [3.63, 3.8) is 0 Å². The van der Waals surface area contributed by atoms with Gasteiger partial charge in [0.1, 0.15) is 6.17 Å². The number of aliphatic hydroxyl groups excluding tert-OH is 1. The number of aliphatic hydroxyl groups is 1. The van der Waals surface area contributed by atoms with Crippen LogP contribution in [-0.2, 0) is 19.1 Å². The van der Waals surface area contributed by atoms with Crippen molar-refractivity contribution in [2.24, 2.45) is 22.7 Å². The number of alkyl halides is 3. The van der Waals surface area contributed by atoms with E-state index in [0.29, 0.717) is 0 Å². The van der Waals surface area contributed by atoms with E-state index in [2.05, 4.69) is 0 Å². The molecule has 5 nitrogen and oxygen atoms in total. The van der Waals surface area contributed by atoms with Crippen LogP contribution in [0, 0.1) is 22.7 Å². The first-order chi connectivity index (χ1) is 14.8. The van der Waals surface area contributed by atoms with Crippen molar-refractivity contribution in [2.45, 2.75) is 82.4 Å². The van der Waals surface area contributed by atoms with Crippen molar-refractivity contribution >= 4 is 11.6 Å². The number of halogens is 3. The lowest BCUT2D eigenvalue weighted by Gasteiger charge is -2.63. The zero-order chi connectivity index (χ0) is 23.5. The van der Waals surface area contributed by atoms with Crippen LogP contribution in [0.5, 0.6) is 0 Å². The summed E-state index contributed by atoms with van der Waals surface area (Å²) in [7, 11) is 0. The van der Waals surface area contributed by atoms with Gasteiger partial charge in [0.25, 0.3) is 0 Å². The lowest BCUT2D eigenvalue weighted by molar-refractivity contribution is -0.248. The lowest BCUT2D eigenvalue weighted by Crippen LogP contribution is -2.71. The van der Waals surface area contributed by atoms with Gasteiger partial charge >= 0.3 is 0 Å². The highest BCUT2D eigenvalue weighted by Crippen LogP contribution is 2.72. The van der Waals surface area contributed by atoms with Crippen molar-refractivity contribution in [1.82, 2.24) is 0 Å². The van der Waals surface area contributed by atoms with Crippen LogP contribution < -0.4 is 0 Å². The molecule has 0 spiro atoms. The molecule has 1 N–H and O–H groups in total. The van der Waals surface area contributed by atoms with E-state index in [0.717, 1.165) is 6.08 Å². The normalized spacial score (nSPS) is 53.2. The van der Waals surface area contributed by atoms with E-state index in [1.54, 1.807) is 20.8 Å². The molecule has 176 valence electrons. The smallest absolute Gasteiger partial charge is 0.198 e. The molecule has 1 heterocycles. The number of hydrogen-bond acceptors (Lipinski definition) is 5. The fourth-order valence-corrected chi connectivity index (χ4v) is 7.90. The summed E-state index contributed by atoms with van der Waals surface area (Å²) < 4.78 is 58.5. The third-order valence-electron chi connectivity index (χ3n) is 9.16. The molecule has 1 aliphatic heterocycles. The molecule has 3 saturated carbocycles. The SMILES string of the molecule is CC1(C)O[C@@H]2C[C@H]3[C@@H]4C[C@H](F)C5=CC(=O)C=C[C@]5(C)[C@@]4(F)[C@@H](O)C[C@]3(C)[C@]2(C(=O)CF)O1. The van der Waals surface area contributed by atoms with E-state index in [4.69, 9.17) is 9.47 Å². The van der Waals surface area contributed by atoms with Crippen LogP contribution in [0.2, 0.25) is 0 Å². The number of ketones is 2. The average Bonchev–Trinajstić information content (AvgIpc) is 3.11. The average molecular weight is 454 g/mol. The van der Waals surface area contributed by atoms with E-state index in [1.807, 2.05) is 0 Å². The first-order valence-electron chi connectivity index (χ1n) is 11.2. The molecule has 1 saturated heterocycles. The molecule has 0 amide bonds. The zero-order valence-electron chi connectivity index (χ0n) is 18.7. The Morgan fingerprint density at radius 3 is 2.56 bits per heavy atom. The summed E-state index contributed by atoms with van der Waals surface area (Å²) in [6.07, 6.45) is -0.492. The van der Waals surface area contributed by atoms with Gasteiger partial charge < -0.3 is 14.6 Å². The quantitative estimate of drug-likeness (QED) is 0.693. The number of allylic oxidation sites excluding steroid dienone is 4. The van der Waals surface area contributed by atoms with Crippen molar-refractivity contribution in [2.75, 3.05) is 6.67 Å². The number of hydrogen-bond donors (Lipinski definition) is 1. The fraction of sp³-hybridized carbons (Fsp3) is 0.750. The minimum Gasteiger partial charge on any atom is -0.390 e. The molecule has 5 rings (SSSR count). The van der Waals surface area contributed by atoms with Crippen LogP contribution in [0.3, 0.4) is 0 Å². The summed E-state index contributed by atoms with van der Waals surface area (Å²) >= 11 is 0. The number of Topliss-reactive ketones (excluding diaryl/α,β-unsaturated/α-hetero) is 1. The molecule has 0 aromatic rings. The predicted octanol–water partition coefficient (Wildman–Crippen LogP) is 3.34. The second-order valence-corrected chi connectivity index (χ2v) is 11.0. The summed E-state index contributed by atoms with van der Waals surface area (Å²) in [6.45, 7) is 5.22. The Morgan fingerprint density at radius 2 is 1.91 bits per heavy atom. The summed E-state index contributed by atoms with van der Waals surface area (Å²) in [6, 6.07) is 0. The van der Waals surface area contributed by atoms with Gasteiger partial charge in [-0.25, -0.2) is 13.2 Å². The third-order valence-corrected chi connectivity index (χ3v) is 9.16. The van der Waals surface area contributed by atoms with E-state index in [9.17, 15) is 19.1 Å². The summed E-state index contributed by atoms with van der Waals surface area (Å²) in [5.41, 5.74) is -6.58. The maximum Gasteiger partial charge on any atom is 0.198 e. The van der Waals surface area contributed by atoms with E-state index in [1.165, 1.54) is 19.1 Å². The Bertz CT molecular complexity index is 961. The first-order valence-corrected chi connectivity index (χ1v) is 11.2. The molecule has 0 bridgehead atoms. The van der Waals surface area contributed by atoms with Crippen molar-refractivity contribution in [1.29, 1.82) is 0 Å². The van der Waals surface area contributed by atoms with Gasteiger partial charge in [0.05, 0.1) is 12.2 Å². The molecule has 0 aromatic heterocycles. The highest BCUT2D eigenvalue weighted by atomic mass is 19.1. The Kier molecular flexibility index (Phi) is 4.41. The summed E-state index contributed by atoms with van der Waals surface area (Å²) in [5.74, 6) is -3.92. The van der Waals surface area contributed by atoms with Gasteiger partial charge in [-0.1, -0.05) is 13.0 Å². The Balaban J connectivity index is 1.66. The highest BCUT2D eigenvalue weighted by molar-refractivity contribution is 6.01. The number of fused-ring (bicyclic) bond motifs is 7. The number of rotatable bonds is 2. The van der Waals surface area contributed by atoms with Gasteiger partial charge in [0.15, 0.2) is 35.3 Å². The molecule has 0 aromatic carbocycles. The summed E-state index contributed by atoms with van der Waals surface area (Å²) in [4.78, 5) is 24.9. The van der Waals surface area contributed by atoms with Crippen LogP contribution in [0.15, 0.2) is 23.8 Å². The fourth-order valence-electron chi connectivity index (χ4n) is 7.90. The zero-order valence-corrected chi connectivity index (χ0v) is 18.7. The number of ether oxygens (including phenoxy) is 2. The molecule has 9 atom stereocenters. The molecule has 4 aliphatic carbocycles. The standard InChI is InChI=1S/C24H29F3O5/c1-20(2)31-19-9-13-14-8-16(26)15-7-12(28)5-6-21(15,3)23(14,27)17(29)10-22(13,4)24(19,32-20)18(30)11-25/h5-7,13-14,16-17,19,29H,8-11H2,1-4H3/t13-,14-,16-,17-,19+,21-,22-,23-,24+/m0/s1. The molecular formula is C24H29F3O5. The van der Waals surface area contributed by atoms with Crippen LogP contribution in [0.4, 0.5) is 13.2 Å². The third kappa shape index (κ3) is 2.31. The molecule has 5 aliphatic rings. The monoisotopic (exact) mass is 454 g/mol. The largest absolute Gasteiger partial charge is 0.390 e. The van der Waals surface area contributed by atoms with Gasteiger partial charge in [-0.05, 0) is 63.7 Å². The summed E-state index contributed by atoms with van der Waals surface area (Å²) in [5, 5.41) is 11.3. The lowest BCUT2D eigenvalue weighted by atomic mass is 9.44. The van der Waals surface area contributed by atoms with Gasteiger partial charge in [-0.3, -0.25) is 9.59 Å². The maximum atomic E-state index is 17.1. The van der Waals surface area contributed by atoms with Crippen LogP contribution in [0.1, 0.15) is 47.0 Å². The maximum absolute atomic E-state index is 17.1. The van der Waals surface area contributed by atoms with E-state index < -0.39 is 76.3 Å². The Morgan fingerprint density at radius 1 is 1.22 bits per heavy atom. The second-order valence-electron chi connectivity index (χ2n) is 11.0. The molecule has 32 heavy (non-hydrogen) atoms. The van der Waals surface area contributed by atoms with Crippen LogP contribution in [-0.4, -0.2) is 58.8 Å². The van der Waals surface area contributed by atoms with Crippen molar-refractivity contribution in [3.05, 3.63) is 23.8 Å². The van der Waals surface area contributed by atoms with Crippen LogP contribution in [0.25, 0.3) is 0 Å². The second kappa shape index (κ2) is 6.33. The minimum atomic E-state index is -2.27. The molecule has 0 radical (unpaired) electrons.